The molecule has 1 aliphatic rings. The van der Waals surface area contributed by atoms with E-state index >= 15 is 0 Å². The minimum absolute atomic E-state index is 0.317. The first-order chi connectivity index (χ1) is 9.29. The Kier molecular flexibility index (Phi) is 3.35. The summed E-state index contributed by atoms with van der Waals surface area (Å²) in [4.78, 5) is 14.4. The fourth-order valence-corrected chi connectivity index (χ4v) is 2.60. The quantitative estimate of drug-likeness (QED) is 0.842. The molecule has 1 unspecified atom stereocenters. The molecule has 0 amide bonds. The maximum absolute atomic E-state index is 5.17. The number of likely N-dealkylation sites (N-methyl/N-ethyl adjacent to an activating group) is 1. The van der Waals surface area contributed by atoms with Gasteiger partial charge in [0.2, 0.25) is 5.88 Å². The lowest BCUT2D eigenvalue weighted by molar-refractivity contribution is 0.263. The third-order valence-corrected chi connectivity index (χ3v) is 3.69. The standard InChI is InChI=1S/C13H19N5O/c1-18-5-3-4-14-7-10(18)9-6-15-13-12(9)17-11(19-2)8-16-13/h6,8,10,14H,3-5,7H2,1-2H3,(H,15,16). The number of aromatic amines is 1. The van der Waals surface area contributed by atoms with Gasteiger partial charge in [-0.25, -0.2) is 9.97 Å². The van der Waals surface area contributed by atoms with Crippen LogP contribution < -0.4 is 10.1 Å². The molecule has 1 saturated heterocycles. The van der Waals surface area contributed by atoms with Crippen LogP contribution in [0.5, 0.6) is 5.88 Å². The van der Waals surface area contributed by atoms with Crippen molar-refractivity contribution in [1.82, 2.24) is 25.2 Å². The van der Waals surface area contributed by atoms with E-state index in [-0.39, 0.29) is 0 Å². The van der Waals surface area contributed by atoms with E-state index in [4.69, 9.17) is 4.74 Å². The second-order valence-corrected chi connectivity index (χ2v) is 4.91. The number of hydrogen-bond donors (Lipinski definition) is 2. The van der Waals surface area contributed by atoms with Gasteiger partial charge < -0.3 is 15.0 Å². The summed E-state index contributed by atoms with van der Waals surface area (Å²) in [6.45, 7) is 3.09. The van der Waals surface area contributed by atoms with Crippen LogP contribution in [0.3, 0.4) is 0 Å². The van der Waals surface area contributed by atoms with Crippen molar-refractivity contribution in [2.75, 3.05) is 33.8 Å². The Bertz CT molecular complexity index is 567. The van der Waals surface area contributed by atoms with Crippen molar-refractivity contribution in [1.29, 1.82) is 0 Å². The van der Waals surface area contributed by atoms with Gasteiger partial charge in [0.15, 0.2) is 5.65 Å². The van der Waals surface area contributed by atoms with Crippen molar-refractivity contribution in [3.8, 4) is 5.88 Å². The topological polar surface area (TPSA) is 66.1 Å². The van der Waals surface area contributed by atoms with E-state index in [1.807, 2.05) is 6.20 Å². The average molecular weight is 261 g/mol. The summed E-state index contributed by atoms with van der Waals surface area (Å²) in [6, 6.07) is 0.317. The molecule has 0 spiro atoms. The molecule has 1 fully saturated rings. The average Bonchev–Trinajstić information content (AvgIpc) is 2.73. The largest absolute Gasteiger partial charge is 0.480 e. The maximum Gasteiger partial charge on any atom is 0.232 e. The highest BCUT2D eigenvalue weighted by Crippen LogP contribution is 2.27. The Hall–Kier alpha value is -1.66. The molecule has 0 saturated carbocycles. The summed E-state index contributed by atoms with van der Waals surface area (Å²) >= 11 is 0. The SMILES string of the molecule is COc1cnc2[nH]cc(C3CNCCCN3C)c2n1. The van der Waals surface area contributed by atoms with E-state index in [0.717, 1.165) is 30.8 Å². The van der Waals surface area contributed by atoms with Crippen molar-refractivity contribution in [3.63, 3.8) is 0 Å². The van der Waals surface area contributed by atoms with Crippen molar-refractivity contribution in [2.45, 2.75) is 12.5 Å². The zero-order valence-corrected chi connectivity index (χ0v) is 11.3. The number of aromatic nitrogens is 3. The van der Waals surface area contributed by atoms with Crippen molar-refractivity contribution in [3.05, 3.63) is 18.0 Å². The third kappa shape index (κ3) is 2.29. The number of rotatable bonds is 2. The summed E-state index contributed by atoms with van der Waals surface area (Å²) in [5, 5.41) is 3.47. The fourth-order valence-electron chi connectivity index (χ4n) is 2.60. The molecule has 0 aromatic carbocycles. The Morgan fingerprint density at radius 3 is 3.21 bits per heavy atom. The molecule has 0 aliphatic carbocycles. The van der Waals surface area contributed by atoms with Crippen LogP contribution >= 0.6 is 0 Å². The highest BCUT2D eigenvalue weighted by molar-refractivity contribution is 5.76. The number of nitrogens with zero attached hydrogens (tertiary/aromatic N) is 3. The van der Waals surface area contributed by atoms with Gasteiger partial charge in [-0.3, -0.25) is 4.90 Å². The van der Waals surface area contributed by atoms with Crippen molar-refractivity contribution in [2.24, 2.45) is 0 Å². The van der Waals surface area contributed by atoms with Crippen LogP contribution in [0.4, 0.5) is 0 Å². The molecule has 3 heterocycles. The van der Waals surface area contributed by atoms with Crippen LogP contribution in [0.25, 0.3) is 11.2 Å². The van der Waals surface area contributed by atoms with Crippen LogP contribution in [-0.4, -0.2) is 53.6 Å². The zero-order chi connectivity index (χ0) is 13.2. The lowest BCUT2D eigenvalue weighted by Gasteiger charge is -2.24. The van der Waals surface area contributed by atoms with Gasteiger partial charge in [-0.2, -0.15) is 0 Å². The Labute approximate surface area is 112 Å². The van der Waals surface area contributed by atoms with Gasteiger partial charge in [0, 0.05) is 18.3 Å². The highest BCUT2D eigenvalue weighted by atomic mass is 16.5. The van der Waals surface area contributed by atoms with E-state index in [2.05, 4.69) is 32.2 Å². The summed E-state index contributed by atoms with van der Waals surface area (Å²) in [5.74, 6) is 0.553. The van der Waals surface area contributed by atoms with E-state index in [9.17, 15) is 0 Å². The molecule has 2 aromatic rings. The number of ether oxygens (including phenoxy) is 1. The maximum atomic E-state index is 5.17. The molecule has 102 valence electrons. The normalized spacial score (nSPS) is 21.5. The van der Waals surface area contributed by atoms with Gasteiger partial charge in [0.25, 0.3) is 0 Å². The van der Waals surface area contributed by atoms with E-state index < -0.39 is 0 Å². The molecule has 2 N–H and O–H groups in total. The number of H-pyrrole nitrogens is 1. The summed E-state index contributed by atoms with van der Waals surface area (Å²) in [7, 11) is 3.77. The molecule has 1 atom stereocenters. The van der Waals surface area contributed by atoms with Gasteiger partial charge in [-0.15, -0.1) is 0 Å². The van der Waals surface area contributed by atoms with Crippen LogP contribution in [-0.2, 0) is 0 Å². The number of nitrogens with one attached hydrogen (secondary N) is 2. The number of fused-ring (bicyclic) bond motifs is 1. The first kappa shape index (κ1) is 12.4. The first-order valence-corrected chi connectivity index (χ1v) is 6.58. The Morgan fingerprint density at radius 1 is 1.47 bits per heavy atom. The van der Waals surface area contributed by atoms with Gasteiger partial charge >= 0.3 is 0 Å². The molecular formula is C13H19N5O. The van der Waals surface area contributed by atoms with Crippen LogP contribution in [0.15, 0.2) is 12.4 Å². The van der Waals surface area contributed by atoms with Crippen LogP contribution in [0, 0.1) is 0 Å². The third-order valence-electron chi connectivity index (χ3n) is 3.69. The van der Waals surface area contributed by atoms with Gasteiger partial charge in [-0.05, 0) is 26.6 Å². The first-order valence-electron chi connectivity index (χ1n) is 6.58. The Morgan fingerprint density at radius 2 is 2.37 bits per heavy atom. The molecule has 3 rings (SSSR count). The molecule has 0 bridgehead atoms. The fraction of sp³-hybridized carbons (Fsp3) is 0.538. The molecule has 0 radical (unpaired) electrons. The summed E-state index contributed by atoms with van der Waals surface area (Å²) in [5.41, 5.74) is 2.90. The van der Waals surface area contributed by atoms with Gasteiger partial charge in [0.1, 0.15) is 5.52 Å². The van der Waals surface area contributed by atoms with E-state index in [0.29, 0.717) is 11.9 Å². The molecule has 2 aromatic heterocycles. The smallest absolute Gasteiger partial charge is 0.232 e. The number of hydrogen-bond acceptors (Lipinski definition) is 5. The van der Waals surface area contributed by atoms with Gasteiger partial charge in [0.05, 0.1) is 19.3 Å². The number of methoxy groups -OCH3 is 1. The molecule has 1 aliphatic heterocycles. The lowest BCUT2D eigenvalue weighted by Crippen LogP contribution is -2.29. The van der Waals surface area contributed by atoms with Crippen LogP contribution in [0.1, 0.15) is 18.0 Å². The predicted octanol–water partition coefficient (Wildman–Crippen LogP) is 0.933. The summed E-state index contributed by atoms with van der Waals surface area (Å²) in [6.07, 6.45) is 4.82. The molecule has 6 heteroatoms. The zero-order valence-electron chi connectivity index (χ0n) is 11.3. The minimum Gasteiger partial charge on any atom is -0.480 e. The van der Waals surface area contributed by atoms with E-state index in [1.54, 1.807) is 13.3 Å². The highest BCUT2D eigenvalue weighted by Gasteiger charge is 2.23. The molecular weight excluding hydrogens is 242 g/mol. The Balaban J connectivity index is 2.03. The van der Waals surface area contributed by atoms with Crippen molar-refractivity contribution >= 4 is 11.2 Å². The van der Waals surface area contributed by atoms with Crippen molar-refractivity contribution < 1.29 is 4.74 Å². The van der Waals surface area contributed by atoms with E-state index in [1.165, 1.54) is 12.0 Å². The predicted molar refractivity (Wildman–Crippen MR) is 73.3 cm³/mol. The second kappa shape index (κ2) is 5.14. The lowest BCUT2D eigenvalue weighted by atomic mass is 10.1. The monoisotopic (exact) mass is 261 g/mol. The second-order valence-electron chi connectivity index (χ2n) is 4.91. The molecule has 6 nitrogen and oxygen atoms in total. The van der Waals surface area contributed by atoms with Crippen LogP contribution in [0.2, 0.25) is 0 Å². The molecule has 19 heavy (non-hydrogen) atoms. The minimum atomic E-state index is 0.317. The summed E-state index contributed by atoms with van der Waals surface area (Å²) < 4.78 is 5.17. The van der Waals surface area contributed by atoms with Gasteiger partial charge in [-0.1, -0.05) is 0 Å².